The highest BCUT2D eigenvalue weighted by Crippen LogP contribution is 2.47. The van der Waals surface area contributed by atoms with Gasteiger partial charge in [-0.25, -0.2) is 9.80 Å². The number of amides is 2. The molecule has 2 amide bonds. The second-order valence-electron chi connectivity index (χ2n) is 8.16. The molecule has 0 spiro atoms. The van der Waals surface area contributed by atoms with Crippen LogP contribution in [0.5, 0.6) is 17.2 Å². The Hall–Kier alpha value is -3.71. The molecular formula is C25H20ClN3O4. The van der Waals surface area contributed by atoms with Crippen molar-refractivity contribution in [3.05, 3.63) is 82.4 Å². The first-order valence-electron chi connectivity index (χ1n) is 10.6. The van der Waals surface area contributed by atoms with E-state index in [0.29, 0.717) is 22.2 Å². The minimum atomic E-state index is -0.308. The first kappa shape index (κ1) is 19.9. The van der Waals surface area contributed by atoms with Crippen LogP contribution in [0.25, 0.3) is 0 Å². The SMILES string of the molecule is COc1ccc2c(c1)CC1C2=NN(C(=O)Nc2ccc(Cl)cc2)C1c1ccc2c(c1)OCO2. The Morgan fingerprint density at radius 3 is 2.73 bits per heavy atom. The number of carbonyl (C=O) groups excluding carboxylic acids is 1. The van der Waals surface area contributed by atoms with Gasteiger partial charge in [0.25, 0.3) is 0 Å². The molecule has 0 saturated carbocycles. The van der Waals surface area contributed by atoms with Crippen molar-refractivity contribution < 1.29 is 19.0 Å². The van der Waals surface area contributed by atoms with Crippen molar-refractivity contribution in [2.45, 2.75) is 12.5 Å². The van der Waals surface area contributed by atoms with Crippen LogP contribution in [-0.4, -0.2) is 30.7 Å². The zero-order valence-electron chi connectivity index (χ0n) is 17.7. The van der Waals surface area contributed by atoms with Gasteiger partial charge in [0, 0.05) is 22.2 Å². The van der Waals surface area contributed by atoms with Crippen LogP contribution in [0.4, 0.5) is 10.5 Å². The molecule has 2 atom stereocenters. The van der Waals surface area contributed by atoms with Gasteiger partial charge in [0.15, 0.2) is 11.5 Å². The average Bonchev–Trinajstić information content (AvgIpc) is 3.52. The monoisotopic (exact) mass is 461 g/mol. The lowest BCUT2D eigenvalue weighted by molar-refractivity contribution is 0.173. The van der Waals surface area contributed by atoms with Crippen LogP contribution in [0.1, 0.15) is 22.7 Å². The molecule has 0 fully saturated rings. The molecule has 0 bridgehead atoms. The lowest BCUT2D eigenvalue weighted by Gasteiger charge is -2.26. The number of anilines is 1. The Kier molecular flexibility index (Phi) is 4.66. The van der Waals surface area contributed by atoms with Gasteiger partial charge in [-0.1, -0.05) is 17.7 Å². The van der Waals surface area contributed by atoms with Crippen LogP contribution in [-0.2, 0) is 6.42 Å². The van der Waals surface area contributed by atoms with E-state index < -0.39 is 0 Å². The van der Waals surface area contributed by atoms with E-state index in [2.05, 4.69) is 5.32 Å². The molecule has 7 nitrogen and oxygen atoms in total. The quantitative estimate of drug-likeness (QED) is 0.578. The summed E-state index contributed by atoms with van der Waals surface area (Å²) >= 11 is 5.98. The number of hydrazone groups is 1. The molecule has 0 saturated heterocycles. The second-order valence-corrected chi connectivity index (χ2v) is 8.59. The minimum absolute atomic E-state index is 0.0171. The van der Waals surface area contributed by atoms with Crippen LogP contribution in [0.2, 0.25) is 5.02 Å². The van der Waals surface area contributed by atoms with E-state index in [-0.39, 0.29) is 24.8 Å². The summed E-state index contributed by atoms with van der Waals surface area (Å²) in [5.74, 6) is 2.21. The van der Waals surface area contributed by atoms with Crippen LogP contribution in [0.15, 0.2) is 65.8 Å². The summed E-state index contributed by atoms with van der Waals surface area (Å²) in [5.41, 5.74) is 4.71. The summed E-state index contributed by atoms with van der Waals surface area (Å²) in [7, 11) is 1.66. The van der Waals surface area contributed by atoms with Crippen molar-refractivity contribution in [2.75, 3.05) is 19.2 Å². The van der Waals surface area contributed by atoms with Gasteiger partial charge >= 0.3 is 6.03 Å². The van der Waals surface area contributed by atoms with Crippen molar-refractivity contribution in [1.82, 2.24) is 5.01 Å². The number of hydrogen-bond acceptors (Lipinski definition) is 5. The molecule has 3 aliphatic rings. The summed E-state index contributed by atoms with van der Waals surface area (Å²) in [6, 6.07) is 18.2. The molecule has 1 N–H and O–H groups in total. The lowest BCUT2D eigenvalue weighted by Crippen LogP contribution is -2.34. The minimum Gasteiger partial charge on any atom is -0.497 e. The van der Waals surface area contributed by atoms with Gasteiger partial charge in [-0.05, 0) is 72.1 Å². The number of halogens is 1. The highest BCUT2D eigenvalue weighted by molar-refractivity contribution is 6.30. The topological polar surface area (TPSA) is 72.4 Å². The van der Waals surface area contributed by atoms with Gasteiger partial charge in [-0.3, -0.25) is 0 Å². The zero-order valence-corrected chi connectivity index (χ0v) is 18.5. The molecule has 2 heterocycles. The molecule has 2 aliphatic heterocycles. The van der Waals surface area contributed by atoms with E-state index in [1.807, 2.05) is 36.4 Å². The van der Waals surface area contributed by atoms with Crippen molar-refractivity contribution >= 4 is 29.0 Å². The Labute approximate surface area is 195 Å². The van der Waals surface area contributed by atoms with Crippen molar-refractivity contribution in [3.8, 4) is 17.2 Å². The van der Waals surface area contributed by atoms with Crippen LogP contribution in [0, 0.1) is 5.92 Å². The summed E-state index contributed by atoms with van der Waals surface area (Å²) < 4.78 is 16.5. The fraction of sp³-hybridized carbons (Fsp3) is 0.200. The van der Waals surface area contributed by atoms with Gasteiger partial charge in [0.1, 0.15) is 5.75 Å². The molecule has 0 radical (unpaired) electrons. The number of nitrogens with one attached hydrogen (secondary N) is 1. The van der Waals surface area contributed by atoms with E-state index in [0.717, 1.165) is 29.0 Å². The number of rotatable bonds is 3. The number of fused-ring (bicyclic) bond motifs is 4. The normalized spacial score (nSPS) is 19.7. The number of urea groups is 1. The van der Waals surface area contributed by atoms with Gasteiger partial charge in [0.05, 0.1) is 18.9 Å². The van der Waals surface area contributed by atoms with Gasteiger partial charge in [-0.15, -0.1) is 0 Å². The summed E-state index contributed by atoms with van der Waals surface area (Å²) in [6.07, 6.45) is 0.759. The number of methoxy groups -OCH3 is 1. The van der Waals surface area contributed by atoms with E-state index in [1.165, 1.54) is 5.56 Å². The fourth-order valence-corrected chi connectivity index (χ4v) is 4.87. The van der Waals surface area contributed by atoms with Gasteiger partial charge in [0.2, 0.25) is 6.79 Å². The molecule has 8 heteroatoms. The van der Waals surface area contributed by atoms with Crippen LogP contribution >= 0.6 is 11.6 Å². The molecule has 166 valence electrons. The molecule has 0 aromatic heterocycles. The standard InChI is InChI=1S/C25H20ClN3O4/c1-31-18-7-8-19-15(10-18)11-20-23(19)28-29(25(30)27-17-5-3-16(26)4-6-17)24(20)14-2-9-21-22(12-14)33-13-32-21/h2-10,12,20,24H,11,13H2,1H3,(H,27,30). The Morgan fingerprint density at radius 2 is 1.91 bits per heavy atom. The third-order valence-electron chi connectivity index (χ3n) is 6.28. The average molecular weight is 462 g/mol. The summed E-state index contributed by atoms with van der Waals surface area (Å²) in [6.45, 7) is 0.195. The van der Waals surface area contributed by atoms with Crippen molar-refractivity contribution in [3.63, 3.8) is 0 Å². The first-order chi connectivity index (χ1) is 16.1. The van der Waals surface area contributed by atoms with E-state index in [9.17, 15) is 4.79 Å². The first-order valence-corrected chi connectivity index (χ1v) is 11.0. The number of hydrogen-bond donors (Lipinski definition) is 1. The predicted molar refractivity (Wildman–Crippen MR) is 124 cm³/mol. The van der Waals surface area contributed by atoms with Gasteiger partial charge in [-0.2, -0.15) is 5.10 Å². The highest BCUT2D eigenvalue weighted by Gasteiger charge is 2.46. The van der Waals surface area contributed by atoms with E-state index in [4.69, 9.17) is 30.9 Å². The zero-order chi connectivity index (χ0) is 22.5. The number of ether oxygens (including phenoxy) is 3. The van der Waals surface area contributed by atoms with E-state index in [1.54, 1.807) is 36.4 Å². The largest absolute Gasteiger partial charge is 0.497 e. The fourth-order valence-electron chi connectivity index (χ4n) is 4.74. The van der Waals surface area contributed by atoms with Crippen LogP contribution in [0.3, 0.4) is 0 Å². The number of benzene rings is 3. The molecular weight excluding hydrogens is 442 g/mol. The molecule has 3 aromatic carbocycles. The highest BCUT2D eigenvalue weighted by atomic mass is 35.5. The maximum absolute atomic E-state index is 13.4. The van der Waals surface area contributed by atoms with Crippen LogP contribution < -0.4 is 19.5 Å². The molecule has 1 aliphatic carbocycles. The Bertz CT molecular complexity index is 1290. The Morgan fingerprint density at radius 1 is 1.09 bits per heavy atom. The molecule has 33 heavy (non-hydrogen) atoms. The molecule has 3 aromatic rings. The van der Waals surface area contributed by atoms with E-state index >= 15 is 0 Å². The predicted octanol–water partition coefficient (Wildman–Crippen LogP) is 5.24. The Balaban J connectivity index is 1.39. The number of nitrogens with zero attached hydrogens (tertiary/aromatic N) is 2. The summed E-state index contributed by atoms with van der Waals surface area (Å²) in [4.78, 5) is 13.4. The number of carbonyl (C=O) groups is 1. The maximum Gasteiger partial charge on any atom is 0.342 e. The van der Waals surface area contributed by atoms with Crippen molar-refractivity contribution in [2.24, 2.45) is 11.0 Å². The van der Waals surface area contributed by atoms with Crippen molar-refractivity contribution in [1.29, 1.82) is 0 Å². The third kappa shape index (κ3) is 3.36. The molecule has 2 unspecified atom stereocenters. The maximum atomic E-state index is 13.4. The third-order valence-corrected chi connectivity index (χ3v) is 6.53. The second kappa shape index (κ2) is 7.71. The lowest BCUT2D eigenvalue weighted by atomic mass is 9.90. The summed E-state index contributed by atoms with van der Waals surface area (Å²) in [5, 5.41) is 9.90. The smallest absolute Gasteiger partial charge is 0.342 e. The van der Waals surface area contributed by atoms with Gasteiger partial charge < -0.3 is 19.5 Å². The molecule has 6 rings (SSSR count).